The first-order valence-corrected chi connectivity index (χ1v) is 11.5. The first kappa shape index (κ1) is 19.8. The molecule has 0 N–H and O–H groups in total. The van der Waals surface area contributed by atoms with Gasteiger partial charge in [-0.05, 0) is 39.8 Å². The van der Waals surface area contributed by atoms with E-state index in [0.29, 0.717) is 0 Å². The van der Waals surface area contributed by atoms with E-state index >= 15 is 0 Å². The molecule has 2 bridgehead atoms. The lowest BCUT2D eigenvalue weighted by molar-refractivity contribution is -0.163. The highest BCUT2D eigenvalue weighted by atomic mass is 16.5. The molecule has 0 aromatic heterocycles. The summed E-state index contributed by atoms with van der Waals surface area (Å²) in [6.45, 7) is 0. The topological polar surface area (TPSA) is 26.3 Å². The van der Waals surface area contributed by atoms with E-state index in [1.807, 2.05) is 36.4 Å². The lowest BCUT2D eigenvalue weighted by atomic mass is 9.64. The minimum Gasteiger partial charge on any atom is -0.457 e. The summed E-state index contributed by atoms with van der Waals surface area (Å²) in [4.78, 5) is 13.4. The van der Waals surface area contributed by atoms with Gasteiger partial charge in [0.2, 0.25) is 0 Å². The molecule has 2 heteroatoms. The fourth-order valence-electron chi connectivity index (χ4n) is 5.51. The molecule has 0 radical (unpaired) electrons. The van der Waals surface area contributed by atoms with Crippen LogP contribution in [-0.4, -0.2) is 12.1 Å². The Labute approximate surface area is 194 Å². The van der Waals surface area contributed by atoms with E-state index in [0.717, 1.165) is 34.3 Å². The highest BCUT2D eigenvalue weighted by Crippen LogP contribution is 2.63. The fourth-order valence-corrected chi connectivity index (χ4v) is 5.51. The fraction of sp³-hybridized carbons (Fsp3) is 0.129. The Bertz CT molecular complexity index is 1330. The highest BCUT2D eigenvalue weighted by molar-refractivity contribution is 6.03. The Balaban J connectivity index is 1.46. The van der Waals surface area contributed by atoms with E-state index in [4.69, 9.17) is 4.74 Å². The third kappa shape index (κ3) is 3.22. The number of hydrogen-bond donors (Lipinski definition) is 0. The van der Waals surface area contributed by atoms with Gasteiger partial charge < -0.3 is 4.74 Å². The second kappa shape index (κ2) is 7.90. The number of ether oxygens (including phenoxy) is 1. The molecule has 160 valence electrons. The second-order valence-corrected chi connectivity index (χ2v) is 8.88. The largest absolute Gasteiger partial charge is 0.457 e. The molecule has 2 aliphatic carbocycles. The van der Waals surface area contributed by atoms with E-state index in [-0.39, 0.29) is 18.0 Å². The summed E-state index contributed by atoms with van der Waals surface area (Å²) in [6, 6.07) is 28.9. The zero-order chi connectivity index (χ0) is 22.3. The van der Waals surface area contributed by atoms with Crippen LogP contribution >= 0.6 is 0 Å². The van der Waals surface area contributed by atoms with Crippen molar-refractivity contribution in [1.29, 1.82) is 0 Å². The Morgan fingerprint density at radius 2 is 1.45 bits per heavy atom. The smallest absolute Gasteiger partial charge is 0.321 e. The summed E-state index contributed by atoms with van der Waals surface area (Å²) < 4.78 is 5.99. The third-order valence-corrected chi connectivity index (χ3v) is 7.04. The van der Waals surface area contributed by atoms with Gasteiger partial charge in [-0.2, -0.15) is 0 Å². The molecule has 0 amide bonds. The number of rotatable bonds is 4. The van der Waals surface area contributed by atoms with Gasteiger partial charge in [0.25, 0.3) is 0 Å². The average Bonchev–Trinajstić information content (AvgIpc) is 3.14. The minimum absolute atomic E-state index is 0.116. The van der Waals surface area contributed by atoms with E-state index < -0.39 is 5.41 Å². The van der Waals surface area contributed by atoms with Crippen molar-refractivity contribution >= 4 is 23.7 Å². The first-order chi connectivity index (χ1) is 16.3. The standard InChI is InChI=1S/C31H24O2/c32-30-31-21-24(19-18-23-12-5-2-6-13-23)29(33-30)20-28(31)26-16-8-7-15-25(26)27(31)17-9-14-22-10-3-1-4-11-22/h1-19,21,28-29H,20H2/b14-9+,19-18-,27-17+/t28-,29+,31-/m1/s1. The molecule has 2 nitrogen and oxygen atoms in total. The first-order valence-electron chi connectivity index (χ1n) is 11.5. The van der Waals surface area contributed by atoms with Gasteiger partial charge in [0.05, 0.1) is 0 Å². The molecule has 3 atom stereocenters. The van der Waals surface area contributed by atoms with Crippen LogP contribution in [0.25, 0.3) is 17.7 Å². The molecule has 1 spiro atoms. The summed E-state index contributed by atoms with van der Waals surface area (Å²) >= 11 is 0. The van der Waals surface area contributed by atoms with Crippen LogP contribution in [-0.2, 0) is 9.53 Å². The molecule has 3 aromatic carbocycles. The van der Waals surface area contributed by atoms with Gasteiger partial charge in [-0.1, -0.05) is 121 Å². The summed E-state index contributed by atoms with van der Waals surface area (Å²) in [5.41, 5.74) is 6.02. The van der Waals surface area contributed by atoms with Crippen molar-refractivity contribution in [3.63, 3.8) is 0 Å². The van der Waals surface area contributed by atoms with Crippen LogP contribution in [0, 0.1) is 5.41 Å². The van der Waals surface area contributed by atoms with Crippen molar-refractivity contribution in [2.75, 3.05) is 0 Å². The Morgan fingerprint density at radius 1 is 0.788 bits per heavy atom. The van der Waals surface area contributed by atoms with Gasteiger partial charge in [0.1, 0.15) is 11.5 Å². The van der Waals surface area contributed by atoms with E-state index in [1.165, 1.54) is 5.56 Å². The third-order valence-electron chi connectivity index (χ3n) is 7.04. The maximum absolute atomic E-state index is 13.4. The molecular weight excluding hydrogens is 404 g/mol. The molecule has 2 heterocycles. The Kier molecular flexibility index (Phi) is 4.73. The maximum atomic E-state index is 13.4. The molecule has 1 saturated heterocycles. The van der Waals surface area contributed by atoms with Gasteiger partial charge in [-0.3, -0.25) is 4.79 Å². The molecule has 2 aliphatic heterocycles. The average molecular weight is 429 g/mol. The predicted molar refractivity (Wildman–Crippen MR) is 133 cm³/mol. The highest BCUT2D eigenvalue weighted by Gasteiger charge is 2.61. The van der Waals surface area contributed by atoms with Crippen molar-refractivity contribution in [2.24, 2.45) is 5.41 Å². The van der Waals surface area contributed by atoms with Gasteiger partial charge >= 0.3 is 5.97 Å². The van der Waals surface area contributed by atoms with Crippen LogP contribution in [0.2, 0.25) is 0 Å². The lowest BCUT2D eigenvalue weighted by Crippen LogP contribution is -2.48. The number of hydrogen-bond acceptors (Lipinski definition) is 2. The molecule has 0 saturated carbocycles. The van der Waals surface area contributed by atoms with Crippen molar-refractivity contribution < 1.29 is 9.53 Å². The number of carbonyl (C=O) groups excluding carboxylic acids is 1. The summed E-state index contributed by atoms with van der Waals surface area (Å²) in [5.74, 6) is -0.0126. The normalized spacial score (nSPS) is 26.5. The van der Waals surface area contributed by atoms with Gasteiger partial charge in [0.15, 0.2) is 0 Å². The van der Waals surface area contributed by atoms with Gasteiger partial charge in [0, 0.05) is 5.92 Å². The maximum Gasteiger partial charge on any atom is 0.321 e. The molecule has 7 rings (SSSR count). The van der Waals surface area contributed by atoms with Gasteiger partial charge in [-0.25, -0.2) is 0 Å². The molecule has 3 aromatic rings. The van der Waals surface area contributed by atoms with E-state index in [9.17, 15) is 4.79 Å². The monoisotopic (exact) mass is 428 g/mol. The van der Waals surface area contributed by atoms with E-state index in [2.05, 4.69) is 85.0 Å². The SMILES string of the molecule is O=C1O[C@H]2C[C@@H]3c4ccccc4/C(=C\C=C\c4ccccc4)[C@@]13C=C2/C=C\c1ccccc1. The Morgan fingerprint density at radius 3 is 2.21 bits per heavy atom. The van der Waals surface area contributed by atoms with Crippen molar-refractivity contribution in [3.8, 4) is 0 Å². The van der Waals surface area contributed by atoms with Crippen LogP contribution in [0.15, 0.2) is 115 Å². The van der Waals surface area contributed by atoms with Crippen molar-refractivity contribution in [3.05, 3.63) is 137 Å². The van der Waals surface area contributed by atoms with Crippen molar-refractivity contribution in [1.82, 2.24) is 0 Å². The summed E-state index contributed by atoms with van der Waals surface area (Å²) in [7, 11) is 0. The molecule has 33 heavy (non-hydrogen) atoms. The van der Waals surface area contributed by atoms with Crippen LogP contribution < -0.4 is 0 Å². The molecular formula is C31H24O2. The number of benzene rings is 3. The summed E-state index contributed by atoms with van der Waals surface area (Å²) in [5, 5.41) is 0. The van der Waals surface area contributed by atoms with Crippen LogP contribution in [0.3, 0.4) is 0 Å². The lowest BCUT2D eigenvalue weighted by Gasteiger charge is -2.45. The number of allylic oxidation sites excluding steroid dienone is 2. The zero-order valence-corrected chi connectivity index (χ0v) is 18.2. The molecule has 0 unspecified atom stereocenters. The number of fused-ring (bicyclic) bond motifs is 2. The van der Waals surface area contributed by atoms with Crippen LogP contribution in [0.5, 0.6) is 0 Å². The number of esters is 1. The van der Waals surface area contributed by atoms with Crippen LogP contribution in [0.4, 0.5) is 0 Å². The number of carbonyl (C=O) groups is 1. The second-order valence-electron chi connectivity index (χ2n) is 8.88. The molecule has 4 aliphatic rings. The minimum atomic E-state index is -0.768. The van der Waals surface area contributed by atoms with E-state index in [1.54, 1.807) is 0 Å². The predicted octanol–water partition coefficient (Wildman–Crippen LogP) is 6.84. The summed E-state index contributed by atoms with van der Waals surface area (Å²) in [6.07, 6.45) is 13.3. The van der Waals surface area contributed by atoms with Crippen molar-refractivity contribution in [2.45, 2.75) is 18.4 Å². The van der Waals surface area contributed by atoms with Crippen LogP contribution in [0.1, 0.15) is 34.6 Å². The Hall–Kier alpha value is -3.91. The van der Waals surface area contributed by atoms with Gasteiger partial charge in [-0.15, -0.1) is 0 Å². The quantitative estimate of drug-likeness (QED) is 0.426. The molecule has 1 fully saturated rings. The zero-order valence-electron chi connectivity index (χ0n) is 18.2.